The number of amides is 2. The number of hydrogen-bond acceptors (Lipinski definition) is 8. The zero-order valence-corrected chi connectivity index (χ0v) is 28.8. The van der Waals surface area contributed by atoms with Crippen LogP contribution in [0.2, 0.25) is 0 Å². The Bertz CT molecular complexity index is 1880. The zero-order valence-electron chi connectivity index (χ0n) is 28.0. The Kier molecular flexibility index (Phi) is 12.0. The van der Waals surface area contributed by atoms with Gasteiger partial charge in [0.25, 0.3) is 15.7 Å². The Balaban J connectivity index is 1.85. The van der Waals surface area contributed by atoms with Crippen molar-refractivity contribution in [2.24, 2.45) is 0 Å². The van der Waals surface area contributed by atoms with Gasteiger partial charge in [-0.1, -0.05) is 48.5 Å². The summed E-state index contributed by atoms with van der Waals surface area (Å²) in [7, 11) is -1.58. The number of benzene rings is 4. The smallest absolute Gasteiger partial charge is 0.273 e. The van der Waals surface area contributed by atoms with Gasteiger partial charge in [-0.05, 0) is 74.4 Å². The minimum Gasteiger partial charge on any atom is -0.497 e. The predicted molar refractivity (Wildman–Crippen MR) is 186 cm³/mol. The van der Waals surface area contributed by atoms with Crippen molar-refractivity contribution < 1.29 is 32.4 Å². The molecule has 49 heavy (non-hydrogen) atoms. The molecule has 4 rings (SSSR count). The highest BCUT2D eigenvalue weighted by atomic mass is 32.2. The number of anilines is 1. The van der Waals surface area contributed by atoms with Crippen LogP contribution >= 0.6 is 0 Å². The van der Waals surface area contributed by atoms with E-state index < -0.39 is 39.3 Å². The molecule has 258 valence electrons. The summed E-state index contributed by atoms with van der Waals surface area (Å²) in [5.74, 6) is -0.0994. The van der Waals surface area contributed by atoms with E-state index in [9.17, 15) is 28.1 Å². The molecule has 0 unspecified atom stereocenters. The molecule has 0 aliphatic rings. The SMILES string of the molecule is COc1ccc(N(CC(=O)N(Cc2cccc(OC)c2)[C@@H](Cc2ccccc2)C(=O)NC(C)C)S(=O)(=O)c2ccc(C)c([N+](=O)[O-])c2)cc1. The third-order valence-electron chi connectivity index (χ3n) is 7.79. The molecule has 0 fully saturated rings. The number of nitro groups is 1. The highest BCUT2D eigenvalue weighted by molar-refractivity contribution is 7.92. The third kappa shape index (κ3) is 9.14. The molecule has 2 amide bonds. The van der Waals surface area contributed by atoms with E-state index >= 15 is 0 Å². The van der Waals surface area contributed by atoms with Gasteiger partial charge in [-0.2, -0.15) is 0 Å². The molecule has 0 saturated carbocycles. The first-order valence-electron chi connectivity index (χ1n) is 15.5. The standard InChI is InChI=1S/C36H40N4O8S/c1-25(2)37-36(42)34(21-27-10-7-6-8-11-27)38(23-28-12-9-13-31(20-28)48-5)35(41)24-39(29-15-17-30(47-4)18-16-29)49(45,46)32-19-14-26(3)33(22-32)40(43)44/h6-20,22,25,34H,21,23-24H2,1-5H3,(H,37,42)/t34-/m0/s1. The average molecular weight is 689 g/mol. The maximum Gasteiger partial charge on any atom is 0.273 e. The molecule has 13 heteroatoms. The van der Waals surface area contributed by atoms with E-state index in [-0.39, 0.29) is 40.8 Å². The van der Waals surface area contributed by atoms with E-state index in [0.29, 0.717) is 17.1 Å². The molecular weight excluding hydrogens is 648 g/mol. The number of sulfonamides is 1. The molecule has 1 atom stereocenters. The van der Waals surface area contributed by atoms with E-state index in [1.807, 2.05) is 44.2 Å². The zero-order chi connectivity index (χ0) is 35.7. The van der Waals surface area contributed by atoms with E-state index in [1.165, 1.54) is 50.3 Å². The quantitative estimate of drug-likeness (QED) is 0.131. The van der Waals surface area contributed by atoms with Crippen molar-refractivity contribution in [2.75, 3.05) is 25.1 Å². The van der Waals surface area contributed by atoms with E-state index in [4.69, 9.17) is 9.47 Å². The number of nitrogens with zero attached hydrogens (tertiary/aromatic N) is 3. The van der Waals surface area contributed by atoms with Crippen LogP contribution < -0.4 is 19.1 Å². The number of carbonyl (C=O) groups excluding carboxylic acids is 2. The summed E-state index contributed by atoms with van der Waals surface area (Å²) in [4.78, 5) is 40.5. The Morgan fingerprint density at radius 3 is 2.12 bits per heavy atom. The monoisotopic (exact) mass is 688 g/mol. The van der Waals surface area contributed by atoms with Gasteiger partial charge in [-0.25, -0.2) is 8.42 Å². The molecular formula is C36H40N4O8S. The van der Waals surface area contributed by atoms with Crippen LogP contribution in [0.4, 0.5) is 11.4 Å². The van der Waals surface area contributed by atoms with Gasteiger partial charge in [0, 0.05) is 30.6 Å². The molecule has 4 aromatic rings. The highest BCUT2D eigenvalue weighted by Crippen LogP contribution is 2.30. The van der Waals surface area contributed by atoms with E-state index in [1.54, 1.807) is 36.4 Å². The first kappa shape index (κ1) is 36.4. The molecule has 0 aliphatic heterocycles. The minimum absolute atomic E-state index is 0.0500. The summed E-state index contributed by atoms with van der Waals surface area (Å²) in [5, 5.41) is 14.7. The number of nitrogens with one attached hydrogen (secondary N) is 1. The molecule has 0 spiro atoms. The van der Waals surface area contributed by atoms with Crippen molar-refractivity contribution in [1.29, 1.82) is 0 Å². The third-order valence-corrected chi connectivity index (χ3v) is 9.56. The lowest BCUT2D eigenvalue weighted by Crippen LogP contribution is -2.54. The first-order chi connectivity index (χ1) is 23.3. The van der Waals surface area contributed by atoms with Gasteiger partial charge >= 0.3 is 0 Å². The molecule has 0 heterocycles. The van der Waals surface area contributed by atoms with E-state index in [0.717, 1.165) is 15.9 Å². The molecule has 0 aromatic heterocycles. The van der Waals surface area contributed by atoms with Crippen LogP contribution in [-0.2, 0) is 32.6 Å². The van der Waals surface area contributed by atoms with Crippen molar-refractivity contribution in [1.82, 2.24) is 10.2 Å². The topological polar surface area (TPSA) is 148 Å². The number of rotatable bonds is 15. The molecule has 0 aliphatic carbocycles. The number of hydrogen-bond donors (Lipinski definition) is 1. The van der Waals surface area contributed by atoms with Crippen LogP contribution in [0.25, 0.3) is 0 Å². The maximum absolute atomic E-state index is 14.6. The van der Waals surface area contributed by atoms with E-state index in [2.05, 4.69) is 5.32 Å². The largest absolute Gasteiger partial charge is 0.497 e. The Morgan fingerprint density at radius 1 is 0.857 bits per heavy atom. The second kappa shape index (κ2) is 16.1. The number of aryl methyl sites for hydroxylation is 1. The second-order valence-electron chi connectivity index (χ2n) is 11.7. The van der Waals surface area contributed by atoms with Crippen molar-refractivity contribution in [2.45, 2.75) is 50.7 Å². The second-order valence-corrected chi connectivity index (χ2v) is 13.5. The van der Waals surface area contributed by atoms with Crippen molar-refractivity contribution in [3.8, 4) is 11.5 Å². The summed E-state index contributed by atoms with van der Waals surface area (Å²) < 4.78 is 40.2. The molecule has 12 nitrogen and oxygen atoms in total. The van der Waals surface area contributed by atoms with Gasteiger partial charge in [-0.3, -0.25) is 24.0 Å². The van der Waals surface area contributed by atoms with Crippen LogP contribution in [0.1, 0.15) is 30.5 Å². The maximum atomic E-state index is 14.6. The lowest BCUT2D eigenvalue weighted by Gasteiger charge is -2.34. The number of ether oxygens (including phenoxy) is 2. The van der Waals surface area contributed by atoms with Crippen LogP contribution in [-0.4, -0.2) is 62.9 Å². The lowest BCUT2D eigenvalue weighted by molar-refractivity contribution is -0.385. The van der Waals surface area contributed by atoms with Gasteiger partial charge in [0.15, 0.2) is 0 Å². The summed E-state index contributed by atoms with van der Waals surface area (Å²) in [6, 6.07) is 24.6. The van der Waals surface area contributed by atoms with Gasteiger partial charge in [0.1, 0.15) is 24.1 Å². The van der Waals surface area contributed by atoms with Gasteiger partial charge in [0.2, 0.25) is 11.8 Å². The van der Waals surface area contributed by atoms with Crippen LogP contribution in [0.15, 0.2) is 102 Å². The molecule has 0 saturated heterocycles. The summed E-state index contributed by atoms with van der Waals surface area (Å²) in [6.07, 6.45) is 0.147. The predicted octanol–water partition coefficient (Wildman–Crippen LogP) is 5.28. The normalized spacial score (nSPS) is 11.8. The fourth-order valence-corrected chi connectivity index (χ4v) is 6.69. The minimum atomic E-state index is -4.56. The summed E-state index contributed by atoms with van der Waals surface area (Å²) in [6.45, 7) is 4.35. The van der Waals surface area contributed by atoms with Crippen LogP contribution in [0.5, 0.6) is 11.5 Å². The molecule has 0 radical (unpaired) electrons. The summed E-state index contributed by atoms with van der Waals surface area (Å²) in [5.41, 5.74) is 1.46. The fraction of sp³-hybridized carbons (Fsp3) is 0.278. The number of carbonyl (C=O) groups is 2. The molecule has 4 aromatic carbocycles. The first-order valence-corrected chi connectivity index (χ1v) is 17.0. The Morgan fingerprint density at radius 2 is 1.51 bits per heavy atom. The van der Waals surface area contributed by atoms with Crippen molar-refractivity contribution in [3.63, 3.8) is 0 Å². The van der Waals surface area contributed by atoms with Gasteiger partial charge < -0.3 is 19.7 Å². The molecule has 0 bridgehead atoms. The van der Waals surface area contributed by atoms with Crippen LogP contribution in [0, 0.1) is 17.0 Å². The van der Waals surface area contributed by atoms with Crippen molar-refractivity contribution in [3.05, 3.63) is 124 Å². The lowest BCUT2D eigenvalue weighted by atomic mass is 10.0. The highest BCUT2D eigenvalue weighted by Gasteiger charge is 2.35. The van der Waals surface area contributed by atoms with Gasteiger partial charge in [-0.15, -0.1) is 0 Å². The van der Waals surface area contributed by atoms with Gasteiger partial charge in [0.05, 0.1) is 29.7 Å². The average Bonchev–Trinajstić information content (AvgIpc) is 3.08. The summed E-state index contributed by atoms with van der Waals surface area (Å²) >= 11 is 0. The fourth-order valence-electron chi connectivity index (χ4n) is 5.25. The molecule has 1 N–H and O–H groups in total. The Labute approximate surface area is 286 Å². The van der Waals surface area contributed by atoms with Crippen LogP contribution in [0.3, 0.4) is 0 Å². The Hall–Kier alpha value is -5.43. The number of nitro benzene ring substituents is 1. The number of methoxy groups -OCH3 is 2. The van der Waals surface area contributed by atoms with Crippen molar-refractivity contribution >= 4 is 33.2 Å².